The molecular weight excluding hydrogens is 220 g/mol. The maximum Gasteiger partial charge on any atom is 0.223 e. The van der Waals surface area contributed by atoms with E-state index in [9.17, 15) is 13.2 Å². The van der Waals surface area contributed by atoms with Gasteiger partial charge in [-0.1, -0.05) is 0 Å². The van der Waals surface area contributed by atoms with Gasteiger partial charge in [-0.15, -0.1) is 0 Å². The molecule has 6 nitrogen and oxygen atoms in total. The van der Waals surface area contributed by atoms with Crippen LogP contribution in [-0.2, 0) is 14.8 Å². The molecule has 0 aromatic carbocycles. The van der Waals surface area contributed by atoms with E-state index in [4.69, 9.17) is 10.2 Å². The zero-order valence-electron chi connectivity index (χ0n) is 8.42. The van der Waals surface area contributed by atoms with Crippen molar-refractivity contribution in [3.8, 4) is 0 Å². The van der Waals surface area contributed by atoms with Crippen molar-refractivity contribution in [3.63, 3.8) is 0 Å². The van der Waals surface area contributed by atoms with Crippen LogP contribution in [0.15, 0.2) is 0 Å². The molecule has 3 N–H and O–H groups in total. The number of nitrogens with two attached hydrogens (primary N) is 1. The third kappa shape index (κ3) is 4.15. The van der Waals surface area contributed by atoms with E-state index in [1.54, 1.807) is 4.90 Å². The summed E-state index contributed by atoms with van der Waals surface area (Å²) in [5, 5.41) is 13.7. The van der Waals surface area contributed by atoms with Gasteiger partial charge in [0.05, 0.1) is 5.75 Å². The van der Waals surface area contributed by atoms with Crippen molar-refractivity contribution < 1.29 is 18.3 Å². The van der Waals surface area contributed by atoms with Crippen molar-refractivity contribution in [2.45, 2.75) is 12.8 Å². The number of aliphatic hydroxyl groups excluding tert-OH is 1. The van der Waals surface area contributed by atoms with Gasteiger partial charge in [0, 0.05) is 32.0 Å². The van der Waals surface area contributed by atoms with Crippen LogP contribution in [0.3, 0.4) is 0 Å². The second kappa shape index (κ2) is 4.91. The lowest BCUT2D eigenvalue weighted by Crippen LogP contribution is -2.29. The first-order valence-corrected chi connectivity index (χ1v) is 6.53. The van der Waals surface area contributed by atoms with E-state index in [0.717, 1.165) is 0 Å². The van der Waals surface area contributed by atoms with Crippen molar-refractivity contribution in [3.05, 3.63) is 0 Å². The summed E-state index contributed by atoms with van der Waals surface area (Å²) in [7, 11) is -3.44. The molecule has 0 spiro atoms. The highest BCUT2D eigenvalue weighted by molar-refractivity contribution is 7.89. The lowest BCUT2D eigenvalue weighted by molar-refractivity contribution is -0.127. The third-order valence-corrected chi connectivity index (χ3v) is 3.27. The number of sulfonamides is 1. The Hall–Kier alpha value is -0.660. The van der Waals surface area contributed by atoms with E-state index in [1.165, 1.54) is 0 Å². The monoisotopic (exact) mass is 236 g/mol. The number of likely N-dealkylation sites (tertiary alicyclic amines) is 1. The van der Waals surface area contributed by atoms with Gasteiger partial charge in [0.25, 0.3) is 0 Å². The highest BCUT2D eigenvalue weighted by Crippen LogP contribution is 2.16. The molecule has 1 heterocycles. The quantitative estimate of drug-likeness (QED) is 0.607. The van der Waals surface area contributed by atoms with Gasteiger partial charge in [-0.25, -0.2) is 13.6 Å². The molecule has 1 aliphatic rings. The van der Waals surface area contributed by atoms with Crippen molar-refractivity contribution >= 4 is 15.9 Å². The SMILES string of the molecule is NS(=O)(=O)CCCN1CC(CO)CC1=O. The van der Waals surface area contributed by atoms with Crippen LogP contribution in [0, 0.1) is 5.92 Å². The molecule has 1 unspecified atom stereocenters. The van der Waals surface area contributed by atoms with E-state index < -0.39 is 10.0 Å². The van der Waals surface area contributed by atoms with Crippen molar-refractivity contribution in [2.24, 2.45) is 11.1 Å². The van der Waals surface area contributed by atoms with Crippen LogP contribution in [0.5, 0.6) is 0 Å². The Kier molecular flexibility index (Phi) is 4.06. The molecule has 1 atom stereocenters. The minimum absolute atomic E-state index is 0.00255. The zero-order chi connectivity index (χ0) is 11.5. The fraction of sp³-hybridized carbons (Fsp3) is 0.875. The molecular formula is C8H16N2O4S. The van der Waals surface area contributed by atoms with Gasteiger partial charge in [0.1, 0.15) is 0 Å². The highest BCUT2D eigenvalue weighted by atomic mass is 32.2. The van der Waals surface area contributed by atoms with Crippen LogP contribution in [-0.4, -0.2) is 49.8 Å². The summed E-state index contributed by atoms with van der Waals surface area (Å²) >= 11 is 0. The number of nitrogens with zero attached hydrogens (tertiary/aromatic N) is 1. The minimum Gasteiger partial charge on any atom is -0.396 e. The standard InChI is InChI=1S/C8H16N2O4S/c9-15(13,14)3-1-2-10-5-7(6-11)4-8(10)12/h7,11H,1-6H2,(H2,9,13,14). The molecule has 7 heteroatoms. The first-order chi connectivity index (χ1) is 6.92. The molecule has 0 radical (unpaired) electrons. The van der Waals surface area contributed by atoms with Crippen LogP contribution < -0.4 is 5.14 Å². The smallest absolute Gasteiger partial charge is 0.223 e. The maximum absolute atomic E-state index is 11.3. The molecule has 1 amide bonds. The van der Waals surface area contributed by atoms with Gasteiger partial charge in [0.15, 0.2) is 0 Å². The number of hydrogen-bond acceptors (Lipinski definition) is 4. The average Bonchev–Trinajstić information content (AvgIpc) is 2.45. The molecule has 88 valence electrons. The summed E-state index contributed by atoms with van der Waals surface area (Å²) in [4.78, 5) is 12.9. The fourth-order valence-electron chi connectivity index (χ4n) is 1.65. The van der Waals surface area contributed by atoms with E-state index >= 15 is 0 Å². The van der Waals surface area contributed by atoms with E-state index in [0.29, 0.717) is 25.9 Å². The Labute approximate surface area is 89.1 Å². The lowest BCUT2D eigenvalue weighted by atomic mass is 10.1. The molecule has 1 fully saturated rings. The Balaban J connectivity index is 2.31. The predicted molar refractivity (Wildman–Crippen MR) is 54.4 cm³/mol. The Morgan fingerprint density at radius 3 is 2.67 bits per heavy atom. The summed E-state index contributed by atoms with van der Waals surface area (Å²) in [6.07, 6.45) is 0.703. The molecule has 0 bridgehead atoms. The van der Waals surface area contributed by atoms with Crippen LogP contribution in [0.25, 0.3) is 0 Å². The zero-order valence-corrected chi connectivity index (χ0v) is 9.24. The molecule has 1 aliphatic heterocycles. The van der Waals surface area contributed by atoms with Crippen LogP contribution in [0.2, 0.25) is 0 Å². The number of hydrogen-bond donors (Lipinski definition) is 2. The summed E-state index contributed by atoms with van der Waals surface area (Å²) in [5.74, 6) is -0.143. The first-order valence-electron chi connectivity index (χ1n) is 4.81. The number of amides is 1. The van der Waals surface area contributed by atoms with Gasteiger partial charge in [-0.2, -0.15) is 0 Å². The average molecular weight is 236 g/mol. The molecule has 0 aliphatic carbocycles. The van der Waals surface area contributed by atoms with Gasteiger partial charge in [0.2, 0.25) is 15.9 Å². The van der Waals surface area contributed by atoms with E-state index in [1.807, 2.05) is 0 Å². The maximum atomic E-state index is 11.3. The van der Waals surface area contributed by atoms with E-state index in [-0.39, 0.29) is 24.2 Å². The molecule has 1 saturated heterocycles. The summed E-state index contributed by atoms with van der Waals surface area (Å²) in [6.45, 7) is 0.906. The van der Waals surface area contributed by atoms with E-state index in [2.05, 4.69) is 0 Å². The topological polar surface area (TPSA) is 101 Å². The summed E-state index contributed by atoms with van der Waals surface area (Å²) in [5.41, 5.74) is 0. The van der Waals surface area contributed by atoms with Gasteiger partial charge >= 0.3 is 0 Å². The highest BCUT2D eigenvalue weighted by Gasteiger charge is 2.28. The minimum atomic E-state index is -3.44. The fourth-order valence-corrected chi connectivity index (χ4v) is 2.18. The molecule has 0 saturated carbocycles. The second-order valence-corrected chi connectivity index (χ2v) is 5.55. The van der Waals surface area contributed by atoms with Gasteiger partial charge in [-0.3, -0.25) is 4.79 Å². The predicted octanol–water partition coefficient (Wildman–Crippen LogP) is -1.49. The second-order valence-electron chi connectivity index (χ2n) is 3.81. The summed E-state index contributed by atoms with van der Waals surface area (Å²) < 4.78 is 21.3. The Morgan fingerprint density at radius 2 is 2.20 bits per heavy atom. The Bertz CT molecular complexity index is 328. The first kappa shape index (κ1) is 12.4. The largest absolute Gasteiger partial charge is 0.396 e. The number of carbonyl (C=O) groups is 1. The van der Waals surface area contributed by atoms with Gasteiger partial charge in [-0.05, 0) is 6.42 Å². The van der Waals surface area contributed by atoms with Crippen LogP contribution in [0.1, 0.15) is 12.8 Å². The number of carbonyl (C=O) groups excluding carboxylic acids is 1. The molecule has 15 heavy (non-hydrogen) atoms. The number of primary sulfonamides is 1. The normalized spacial score (nSPS) is 22.4. The van der Waals surface area contributed by atoms with Crippen LogP contribution >= 0.6 is 0 Å². The molecule has 0 aromatic heterocycles. The number of aliphatic hydroxyl groups is 1. The lowest BCUT2D eigenvalue weighted by Gasteiger charge is -2.15. The molecule has 0 aromatic rings. The third-order valence-electron chi connectivity index (χ3n) is 2.41. The summed E-state index contributed by atoms with van der Waals surface area (Å²) in [6, 6.07) is 0. The number of rotatable bonds is 5. The molecule has 1 rings (SSSR count). The van der Waals surface area contributed by atoms with Crippen molar-refractivity contribution in [2.75, 3.05) is 25.4 Å². The van der Waals surface area contributed by atoms with Gasteiger partial charge < -0.3 is 10.0 Å². The van der Waals surface area contributed by atoms with Crippen molar-refractivity contribution in [1.29, 1.82) is 0 Å². The van der Waals surface area contributed by atoms with Crippen LogP contribution in [0.4, 0.5) is 0 Å². The Morgan fingerprint density at radius 1 is 1.53 bits per heavy atom. The van der Waals surface area contributed by atoms with Crippen molar-refractivity contribution in [1.82, 2.24) is 4.90 Å².